The molecule has 0 aliphatic heterocycles. The van der Waals surface area contributed by atoms with Crippen molar-refractivity contribution >= 4 is 17.6 Å². The summed E-state index contributed by atoms with van der Waals surface area (Å²) in [5.74, 6) is -0.765. The minimum atomic E-state index is -1.18. The van der Waals surface area contributed by atoms with Crippen molar-refractivity contribution in [3.05, 3.63) is 29.3 Å². The molecule has 0 radical (unpaired) electrons. The quantitative estimate of drug-likeness (QED) is 0.620. The van der Waals surface area contributed by atoms with Crippen LogP contribution in [0.4, 0.5) is 0 Å². The summed E-state index contributed by atoms with van der Waals surface area (Å²) in [5.41, 5.74) is 4.00. The number of hydrazone groups is 1. The van der Waals surface area contributed by atoms with Gasteiger partial charge in [-0.2, -0.15) is 5.10 Å². The van der Waals surface area contributed by atoms with E-state index in [2.05, 4.69) is 10.5 Å². The van der Waals surface area contributed by atoms with Crippen molar-refractivity contribution in [2.24, 2.45) is 5.10 Å². The summed E-state index contributed by atoms with van der Waals surface area (Å²) >= 11 is 0. The molecule has 114 valence electrons. The first-order valence-corrected chi connectivity index (χ1v) is 6.61. The number of carboxylic acid groups (broad SMARTS) is 1. The lowest BCUT2D eigenvalue weighted by Gasteiger charge is -2.14. The zero-order valence-corrected chi connectivity index (χ0v) is 12.6. The predicted octanol–water partition coefficient (Wildman–Crippen LogP) is 2.07. The Hall–Kier alpha value is -2.37. The Labute approximate surface area is 123 Å². The third-order valence-corrected chi connectivity index (χ3v) is 2.81. The van der Waals surface area contributed by atoms with E-state index in [0.29, 0.717) is 5.75 Å². The number of carboxylic acids is 1. The molecule has 0 atom stereocenters. The Morgan fingerprint density at radius 3 is 2.62 bits per heavy atom. The number of aryl methyl sites for hydroxylation is 1. The maximum Gasteiger partial charge on any atom is 0.351 e. The molecule has 0 unspecified atom stereocenters. The second-order valence-electron chi connectivity index (χ2n) is 5.02. The van der Waals surface area contributed by atoms with Crippen LogP contribution in [-0.4, -0.2) is 29.3 Å². The summed E-state index contributed by atoms with van der Waals surface area (Å²) < 4.78 is 5.51. The zero-order valence-electron chi connectivity index (χ0n) is 12.6. The summed E-state index contributed by atoms with van der Waals surface area (Å²) in [7, 11) is 0. The van der Waals surface area contributed by atoms with Gasteiger partial charge in [0.05, 0.1) is 0 Å². The number of nitrogens with zero attached hydrogens (tertiary/aromatic N) is 1. The van der Waals surface area contributed by atoms with Crippen LogP contribution in [-0.2, 0) is 9.59 Å². The van der Waals surface area contributed by atoms with Crippen LogP contribution in [0, 0.1) is 6.92 Å². The molecule has 2 N–H and O–H groups in total. The van der Waals surface area contributed by atoms with Crippen LogP contribution in [0.1, 0.15) is 37.8 Å². The van der Waals surface area contributed by atoms with E-state index in [1.54, 1.807) is 0 Å². The van der Waals surface area contributed by atoms with Crippen LogP contribution in [0.15, 0.2) is 23.3 Å². The molecule has 0 aliphatic rings. The van der Waals surface area contributed by atoms with Gasteiger partial charge < -0.3 is 9.84 Å². The van der Waals surface area contributed by atoms with Crippen LogP contribution < -0.4 is 10.2 Å². The standard InChI is InChI=1S/C15H20N2O4/c1-9(2)12-6-5-10(3)7-13(12)21-8-14(18)17-16-11(4)15(19)20/h5-7,9H,8H2,1-4H3,(H,17,18)(H,19,20)/b16-11+. The van der Waals surface area contributed by atoms with Crippen LogP contribution in [0.3, 0.4) is 0 Å². The Morgan fingerprint density at radius 2 is 2.05 bits per heavy atom. The summed E-state index contributed by atoms with van der Waals surface area (Å²) in [4.78, 5) is 22.1. The van der Waals surface area contributed by atoms with E-state index in [4.69, 9.17) is 9.84 Å². The van der Waals surface area contributed by atoms with Crippen molar-refractivity contribution in [2.45, 2.75) is 33.6 Å². The van der Waals surface area contributed by atoms with Crippen molar-refractivity contribution in [1.29, 1.82) is 0 Å². The average molecular weight is 292 g/mol. The first-order chi connectivity index (χ1) is 9.81. The van der Waals surface area contributed by atoms with Crippen LogP contribution >= 0.6 is 0 Å². The molecular formula is C15H20N2O4. The molecule has 6 heteroatoms. The second kappa shape index (κ2) is 7.42. The number of hydrogen-bond acceptors (Lipinski definition) is 4. The number of carbonyl (C=O) groups is 2. The monoisotopic (exact) mass is 292 g/mol. The molecule has 1 aromatic rings. The van der Waals surface area contributed by atoms with E-state index in [0.717, 1.165) is 11.1 Å². The number of amides is 1. The van der Waals surface area contributed by atoms with Crippen molar-refractivity contribution in [3.63, 3.8) is 0 Å². The first-order valence-electron chi connectivity index (χ1n) is 6.61. The maximum absolute atomic E-state index is 11.6. The Balaban J connectivity index is 2.67. The van der Waals surface area contributed by atoms with Crippen molar-refractivity contribution in [2.75, 3.05) is 6.61 Å². The van der Waals surface area contributed by atoms with E-state index < -0.39 is 11.9 Å². The Morgan fingerprint density at radius 1 is 1.38 bits per heavy atom. The van der Waals surface area contributed by atoms with Crippen LogP contribution in [0.2, 0.25) is 0 Å². The normalized spacial score (nSPS) is 11.4. The highest BCUT2D eigenvalue weighted by Gasteiger charge is 2.10. The summed E-state index contributed by atoms with van der Waals surface area (Å²) in [6.07, 6.45) is 0. The number of ether oxygens (including phenoxy) is 1. The number of hydrogen-bond donors (Lipinski definition) is 2. The van der Waals surface area contributed by atoms with Gasteiger partial charge in [0.15, 0.2) is 6.61 Å². The van der Waals surface area contributed by atoms with E-state index in [1.165, 1.54) is 6.92 Å². The number of aliphatic carboxylic acids is 1. The maximum atomic E-state index is 11.6. The number of carbonyl (C=O) groups excluding carboxylic acids is 1. The van der Waals surface area contributed by atoms with Gasteiger partial charge in [-0.3, -0.25) is 4.79 Å². The van der Waals surface area contributed by atoms with E-state index in [1.807, 2.05) is 39.0 Å². The highest BCUT2D eigenvalue weighted by molar-refractivity contribution is 6.34. The van der Waals surface area contributed by atoms with Gasteiger partial charge in [0.1, 0.15) is 11.5 Å². The molecule has 0 bridgehead atoms. The number of benzene rings is 1. The minimum Gasteiger partial charge on any atom is -0.483 e. The molecule has 0 aliphatic carbocycles. The number of nitrogens with one attached hydrogen (secondary N) is 1. The third kappa shape index (κ3) is 5.25. The summed E-state index contributed by atoms with van der Waals surface area (Å²) in [6, 6.07) is 5.83. The predicted molar refractivity (Wildman–Crippen MR) is 79.7 cm³/mol. The molecule has 0 saturated heterocycles. The van der Waals surface area contributed by atoms with Crippen LogP contribution in [0.25, 0.3) is 0 Å². The van der Waals surface area contributed by atoms with Gasteiger partial charge in [0.2, 0.25) is 0 Å². The molecule has 0 heterocycles. The fraction of sp³-hybridized carbons (Fsp3) is 0.400. The van der Waals surface area contributed by atoms with Gasteiger partial charge in [-0.05, 0) is 37.0 Å². The molecule has 21 heavy (non-hydrogen) atoms. The Kier molecular flexibility index (Phi) is 5.90. The highest BCUT2D eigenvalue weighted by Crippen LogP contribution is 2.27. The topological polar surface area (TPSA) is 88.0 Å². The van der Waals surface area contributed by atoms with Gasteiger partial charge in [0, 0.05) is 0 Å². The zero-order chi connectivity index (χ0) is 16.0. The summed E-state index contributed by atoms with van der Waals surface area (Å²) in [6.45, 7) is 7.09. The third-order valence-electron chi connectivity index (χ3n) is 2.81. The van der Waals surface area contributed by atoms with Crippen LogP contribution in [0.5, 0.6) is 5.75 Å². The van der Waals surface area contributed by atoms with Crippen molar-refractivity contribution < 1.29 is 19.4 Å². The lowest BCUT2D eigenvalue weighted by atomic mass is 10.0. The highest BCUT2D eigenvalue weighted by atomic mass is 16.5. The molecule has 1 amide bonds. The largest absolute Gasteiger partial charge is 0.483 e. The average Bonchev–Trinajstić information content (AvgIpc) is 2.41. The molecule has 0 saturated carbocycles. The second-order valence-corrected chi connectivity index (χ2v) is 5.02. The smallest absolute Gasteiger partial charge is 0.351 e. The van der Waals surface area contributed by atoms with Gasteiger partial charge in [-0.1, -0.05) is 26.0 Å². The SMILES string of the molecule is C/C(=N\NC(=O)COc1cc(C)ccc1C(C)C)C(=O)O. The van der Waals surface area contributed by atoms with Gasteiger partial charge in [-0.15, -0.1) is 0 Å². The van der Waals surface area contributed by atoms with E-state index in [-0.39, 0.29) is 18.2 Å². The molecule has 0 fully saturated rings. The minimum absolute atomic E-state index is 0.193. The first kappa shape index (κ1) is 16.7. The molecule has 1 aromatic carbocycles. The fourth-order valence-corrected chi connectivity index (χ4v) is 1.61. The van der Waals surface area contributed by atoms with Gasteiger partial charge in [0.25, 0.3) is 5.91 Å². The molecule has 1 rings (SSSR count). The lowest BCUT2D eigenvalue weighted by molar-refractivity contribution is -0.129. The Bertz CT molecular complexity index is 565. The van der Waals surface area contributed by atoms with E-state index >= 15 is 0 Å². The molecule has 6 nitrogen and oxygen atoms in total. The molecular weight excluding hydrogens is 272 g/mol. The van der Waals surface area contributed by atoms with Gasteiger partial charge >= 0.3 is 5.97 Å². The number of rotatable bonds is 6. The lowest BCUT2D eigenvalue weighted by Crippen LogP contribution is -2.27. The molecule has 0 aromatic heterocycles. The van der Waals surface area contributed by atoms with Crippen molar-refractivity contribution in [1.82, 2.24) is 5.43 Å². The van der Waals surface area contributed by atoms with Gasteiger partial charge in [-0.25, -0.2) is 10.2 Å². The molecule has 0 spiro atoms. The fourth-order valence-electron chi connectivity index (χ4n) is 1.61. The van der Waals surface area contributed by atoms with E-state index in [9.17, 15) is 9.59 Å². The van der Waals surface area contributed by atoms with Crippen molar-refractivity contribution in [3.8, 4) is 5.75 Å². The summed E-state index contributed by atoms with van der Waals surface area (Å²) in [5, 5.41) is 12.1.